The zero-order chi connectivity index (χ0) is 24.8. The Labute approximate surface area is 209 Å². The summed E-state index contributed by atoms with van der Waals surface area (Å²) in [4.78, 5) is 30.7. The van der Waals surface area contributed by atoms with Crippen LogP contribution in [0.15, 0.2) is 42.5 Å². The molecule has 2 atom stereocenters. The molecule has 2 unspecified atom stereocenters. The highest BCUT2D eigenvalue weighted by atomic mass is 16.5. The Morgan fingerprint density at radius 3 is 2.43 bits per heavy atom. The smallest absolute Gasteiger partial charge is 0.253 e. The molecule has 0 aromatic heterocycles. The Kier molecular flexibility index (Phi) is 8.32. The SMILES string of the molecule is COc1ccc(CCC2CCCCN2C(=O)C2CCCN(C(=O)c3ccc(C)cc3)C2)cc1OC. The molecule has 2 fully saturated rings. The molecule has 2 heterocycles. The van der Waals surface area contributed by atoms with Gasteiger partial charge >= 0.3 is 0 Å². The summed E-state index contributed by atoms with van der Waals surface area (Å²) in [5.41, 5.74) is 3.03. The Balaban J connectivity index is 1.39. The fraction of sp³-hybridized carbons (Fsp3) is 0.517. The van der Waals surface area contributed by atoms with Gasteiger partial charge in [-0.3, -0.25) is 9.59 Å². The standard InChI is InChI=1S/C29H38N2O4/c1-21-9-13-23(14-10-21)28(32)30-17-6-7-24(20-30)29(33)31-18-5-4-8-25(31)15-11-22-12-16-26(34-2)27(19-22)35-3/h9-10,12-14,16,19,24-25H,4-8,11,15,17-18,20H2,1-3H3. The van der Waals surface area contributed by atoms with Gasteiger partial charge in [0.05, 0.1) is 20.1 Å². The number of carbonyl (C=O) groups excluding carboxylic acids is 2. The van der Waals surface area contributed by atoms with Crippen molar-refractivity contribution in [2.45, 2.75) is 57.9 Å². The number of ether oxygens (including phenoxy) is 2. The third-order valence-electron chi connectivity index (χ3n) is 7.48. The number of benzene rings is 2. The fourth-order valence-corrected chi connectivity index (χ4v) is 5.44. The lowest BCUT2D eigenvalue weighted by Gasteiger charge is -2.40. The predicted octanol–water partition coefficient (Wildman–Crippen LogP) is 4.88. The lowest BCUT2D eigenvalue weighted by Crippen LogP contribution is -2.51. The van der Waals surface area contributed by atoms with Gasteiger partial charge in [0.15, 0.2) is 11.5 Å². The Bertz CT molecular complexity index is 1020. The molecule has 0 N–H and O–H groups in total. The van der Waals surface area contributed by atoms with Crippen molar-refractivity contribution in [3.63, 3.8) is 0 Å². The molecule has 0 saturated carbocycles. The van der Waals surface area contributed by atoms with E-state index in [9.17, 15) is 9.59 Å². The summed E-state index contributed by atoms with van der Waals surface area (Å²) in [6, 6.07) is 14.0. The van der Waals surface area contributed by atoms with Gasteiger partial charge in [-0.25, -0.2) is 0 Å². The number of likely N-dealkylation sites (tertiary alicyclic amines) is 2. The van der Waals surface area contributed by atoms with Gasteiger partial charge in [-0.15, -0.1) is 0 Å². The summed E-state index contributed by atoms with van der Waals surface area (Å²) in [6.07, 6.45) is 6.79. The predicted molar refractivity (Wildman–Crippen MR) is 137 cm³/mol. The van der Waals surface area contributed by atoms with Crippen molar-refractivity contribution in [1.29, 1.82) is 0 Å². The molecule has 2 aromatic rings. The molecular formula is C29H38N2O4. The minimum atomic E-state index is -0.111. The number of rotatable bonds is 7. The molecule has 2 aromatic carbocycles. The maximum Gasteiger partial charge on any atom is 0.253 e. The number of methoxy groups -OCH3 is 2. The molecule has 35 heavy (non-hydrogen) atoms. The summed E-state index contributed by atoms with van der Waals surface area (Å²) >= 11 is 0. The Morgan fingerprint density at radius 2 is 1.69 bits per heavy atom. The number of hydrogen-bond acceptors (Lipinski definition) is 4. The van der Waals surface area contributed by atoms with Crippen molar-refractivity contribution in [2.24, 2.45) is 5.92 Å². The molecule has 2 aliphatic heterocycles. The second-order valence-electron chi connectivity index (χ2n) is 9.87. The van der Waals surface area contributed by atoms with Crippen molar-refractivity contribution < 1.29 is 19.1 Å². The first-order valence-electron chi connectivity index (χ1n) is 12.9. The molecule has 2 amide bonds. The number of carbonyl (C=O) groups is 2. The van der Waals surface area contributed by atoms with Gasteiger partial charge in [0.1, 0.15) is 0 Å². The summed E-state index contributed by atoms with van der Waals surface area (Å²) in [7, 11) is 3.30. The molecule has 188 valence electrons. The first-order valence-corrected chi connectivity index (χ1v) is 12.9. The van der Waals surface area contributed by atoms with Crippen LogP contribution in [-0.4, -0.2) is 61.5 Å². The van der Waals surface area contributed by atoms with Gasteiger partial charge in [-0.2, -0.15) is 0 Å². The van der Waals surface area contributed by atoms with E-state index in [0.29, 0.717) is 12.1 Å². The lowest BCUT2D eigenvalue weighted by atomic mass is 9.91. The normalized spacial score (nSPS) is 20.4. The number of aryl methyl sites for hydroxylation is 2. The quantitative estimate of drug-likeness (QED) is 0.569. The molecule has 0 spiro atoms. The van der Waals surface area contributed by atoms with Crippen LogP contribution in [-0.2, 0) is 11.2 Å². The van der Waals surface area contributed by atoms with E-state index in [4.69, 9.17) is 9.47 Å². The second-order valence-corrected chi connectivity index (χ2v) is 9.87. The van der Waals surface area contributed by atoms with Crippen molar-refractivity contribution in [3.8, 4) is 11.5 Å². The molecule has 2 saturated heterocycles. The number of piperidine rings is 2. The van der Waals surface area contributed by atoms with Crippen LogP contribution in [0.4, 0.5) is 0 Å². The lowest BCUT2D eigenvalue weighted by molar-refractivity contribution is -0.140. The topological polar surface area (TPSA) is 59.1 Å². The summed E-state index contributed by atoms with van der Waals surface area (Å²) in [6.45, 7) is 4.07. The Morgan fingerprint density at radius 1 is 0.914 bits per heavy atom. The van der Waals surface area contributed by atoms with Gasteiger partial charge in [0, 0.05) is 31.2 Å². The Hall–Kier alpha value is -3.02. The molecule has 6 nitrogen and oxygen atoms in total. The molecule has 6 heteroatoms. The van der Waals surface area contributed by atoms with Gasteiger partial charge < -0.3 is 19.3 Å². The third kappa shape index (κ3) is 5.98. The monoisotopic (exact) mass is 478 g/mol. The van der Waals surface area contributed by atoms with Crippen LogP contribution < -0.4 is 9.47 Å². The van der Waals surface area contributed by atoms with Crippen molar-refractivity contribution >= 4 is 11.8 Å². The maximum absolute atomic E-state index is 13.7. The van der Waals surface area contributed by atoms with Crippen LogP contribution in [0.2, 0.25) is 0 Å². The van der Waals surface area contributed by atoms with E-state index in [-0.39, 0.29) is 23.8 Å². The highest BCUT2D eigenvalue weighted by Crippen LogP contribution is 2.30. The number of amides is 2. The fourth-order valence-electron chi connectivity index (χ4n) is 5.44. The van der Waals surface area contributed by atoms with Gasteiger partial charge in [0.25, 0.3) is 5.91 Å². The first-order chi connectivity index (χ1) is 17.0. The summed E-state index contributed by atoms with van der Waals surface area (Å²) in [5, 5.41) is 0. The molecule has 0 radical (unpaired) electrons. The van der Waals surface area contributed by atoms with E-state index >= 15 is 0 Å². The van der Waals surface area contributed by atoms with Gasteiger partial charge in [-0.1, -0.05) is 23.8 Å². The molecule has 2 aliphatic rings. The van der Waals surface area contributed by atoms with Crippen LogP contribution in [0.25, 0.3) is 0 Å². The second kappa shape index (κ2) is 11.6. The molecule has 4 rings (SSSR count). The van der Waals surface area contributed by atoms with E-state index in [1.54, 1.807) is 14.2 Å². The van der Waals surface area contributed by atoms with E-state index < -0.39 is 0 Å². The average Bonchev–Trinajstić information content (AvgIpc) is 2.91. The molecule has 0 bridgehead atoms. The largest absolute Gasteiger partial charge is 0.493 e. The third-order valence-corrected chi connectivity index (χ3v) is 7.48. The number of hydrogen-bond donors (Lipinski definition) is 0. The minimum Gasteiger partial charge on any atom is -0.493 e. The van der Waals surface area contributed by atoms with E-state index in [1.807, 2.05) is 48.2 Å². The molecule has 0 aliphatic carbocycles. The van der Waals surface area contributed by atoms with Crippen LogP contribution >= 0.6 is 0 Å². The highest BCUT2D eigenvalue weighted by molar-refractivity contribution is 5.94. The van der Waals surface area contributed by atoms with Crippen molar-refractivity contribution in [1.82, 2.24) is 9.80 Å². The zero-order valence-electron chi connectivity index (χ0n) is 21.3. The minimum absolute atomic E-state index is 0.0335. The van der Waals surface area contributed by atoms with Gasteiger partial charge in [-0.05, 0) is 81.7 Å². The van der Waals surface area contributed by atoms with Crippen LogP contribution in [0.1, 0.15) is 60.0 Å². The average molecular weight is 479 g/mol. The van der Waals surface area contributed by atoms with E-state index in [1.165, 1.54) is 5.56 Å². The van der Waals surface area contributed by atoms with E-state index in [2.05, 4.69) is 11.0 Å². The van der Waals surface area contributed by atoms with Crippen LogP contribution in [0, 0.1) is 12.8 Å². The van der Waals surface area contributed by atoms with Crippen LogP contribution in [0.5, 0.6) is 11.5 Å². The number of nitrogens with zero attached hydrogens (tertiary/aromatic N) is 2. The molecular weight excluding hydrogens is 440 g/mol. The first kappa shape index (κ1) is 25.1. The van der Waals surface area contributed by atoms with Crippen molar-refractivity contribution in [2.75, 3.05) is 33.9 Å². The summed E-state index contributed by atoms with van der Waals surface area (Å²) < 4.78 is 10.8. The van der Waals surface area contributed by atoms with Crippen molar-refractivity contribution in [3.05, 3.63) is 59.2 Å². The highest BCUT2D eigenvalue weighted by Gasteiger charge is 2.35. The maximum atomic E-state index is 13.7. The zero-order valence-corrected chi connectivity index (χ0v) is 21.3. The van der Waals surface area contributed by atoms with Gasteiger partial charge in [0.2, 0.25) is 5.91 Å². The van der Waals surface area contributed by atoms with Crippen LogP contribution in [0.3, 0.4) is 0 Å². The van der Waals surface area contributed by atoms with E-state index in [0.717, 1.165) is 75.1 Å². The summed E-state index contributed by atoms with van der Waals surface area (Å²) in [5.74, 6) is 1.62.